The van der Waals surface area contributed by atoms with E-state index in [1.807, 2.05) is 24.3 Å². The van der Waals surface area contributed by atoms with E-state index in [2.05, 4.69) is 21.2 Å². The molecular formula is C14H12BrF2N. The van der Waals surface area contributed by atoms with Gasteiger partial charge in [-0.05, 0) is 29.8 Å². The number of benzene rings is 2. The van der Waals surface area contributed by atoms with E-state index >= 15 is 0 Å². The molecule has 4 heteroatoms. The van der Waals surface area contributed by atoms with Crippen molar-refractivity contribution in [1.29, 1.82) is 0 Å². The molecule has 0 aliphatic heterocycles. The average Bonchev–Trinajstić information content (AvgIpc) is 2.33. The summed E-state index contributed by atoms with van der Waals surface area (Å²) < 4.78 is 27.7. The second-order valence-electron chi connectivity index (χ2n) is 3.93. The molecule has 0 saturated heterocycles. The Kier molecular flexibility index (Phi) is 4.44. The maximum absolute atomic E-state index is 13.4. The minimum Gasteiger partial charge on any atom is -0.308 e. The first-order valence-corrected chi connectivity index (χ1v) is 6.34. The van der Waals surface area contributed by atoms with E-state index in [4.69, 9.17) is 0 Å². The number of hydrogen-bond acceptors (Lipinski definition) is 1. The lowest BCUT2D eigenvalue weighted by Gasteiger charge is -2.07. The van der Waals surface area contributed by atoms with Gasteiger partial charge in [-0.25, -0.2) is 8.78 Å². The van der Waals surface area contributed by atoms with E-state index in [0.717, 1.165) is 10.0 Å². The highest BCUT2D eigenvalue weighted by atomic mass is 79.9. The molecule has 2 rings (SSSR count). The lowest BCUT2D eigenvalue weighted by Crippen LogP contribution is -2.15. The summed E-state index contributed by atoms with van der Waals surface area (Å²) in [7, 11) is 0. The Morgan fingerprint density at radius 2 is 1.61 bits per heavy atom. The van der Waals surface area contributed by atoms with Gasteiger partial charge in [0.05, 0.1) is 0 Å². The van der Waals surface area contributed by atoms with Crippen molar-refractivity contribution < 1.29 is 8.78 Å². The first-order chi connectivity index (χ1) is 8.66. The summed E-state index contributed by atoms with van der Waals surface area (Å²) >= 11 is 3.37. The lowest BCUT2D eigenvalue weighted by atomic mass is 10.2. The number of hydrogen-bond donors (Lipinski definition) is 1. The van der Waals surface area contributed by atoms with Crippen molar-refractivity contribution in [2.75, 3.05) is 0 Å². The minimum absolute atomic E-state index is 0.0764. The molecule has 0 amide bonds. The standard InChI is InChI=1S/C14H12BrF2N/c15-11-4-1-3-10(7-11)8-18-9-12-13(16)5-2-6-14(12)17/h1-7,18H,8-9H2. The van der Waals surface area contributed by atoms with Crippen LogP contribution in [0.4, 0.5) is 8.78 Å². The van der Waals surface area contributed by atoms with Crippen LogP contribution >= 0.6 is 15.9 Å². The molecule has 0 heterocycles. The van der Waals surface area contributed by atoms with Gasteiger partial charge < -0.3 is 5.32 Å². The first kappa shape index (κ1) is 13.2. The van der Waals surface area contributed by atoms with Crippen LogP contribution < -0.4 is 5.32 Å². The Morgan fingerprint density at radius 1 is 0.944 bits per heavy atom. The first-order valence-electron chi connectivity index (χ1n) is 5.55. The zero-order chi connectivity index (χ0) is 13.0. The van der Waals surface area contributed by atoms with E-state index in [9.17, 15) is 8.78 Å². The van der Waals surface area contributed by atoms with Crippen molar-refractivity contribution in [3.63, 3.8) is 0 Å². The molecule has 0 spiro atoms. The van der Waals surface area contributed by atoms with Crippen molar-refractivity contribution in [2.24, 2.45) is 0 Å². The summed E-state index contributed by atoms with van der Waals surface area (Å²) in [6.07, 6.45) is 0. The highest BCUT2D eigenvalue weighted by molar-refractivity contribution is 9.10. The molecule has 0 atom stereocenters. The van der Waals surface area contributed by atoms with Crippen molar-refractivity contribution in [2.45, 2.75) is 13.1 Å². The van der Waals surface area contributed by atoms with Gasteiger partial charge in [-0.2, -0.15) is 0 Å². The highest BCUT2D eigenvalue weighted by Gasteiger charge is 2.07. The maximum atomic E-state index is 13.4. The summed E-state index contributed by atoms with van der Waals surface area (Å²) in [5.41, 5.74) is 1.13. The van der Waals surface area contributed by atoms with Gasteiger partial charge in [0.2, 0.25) is 0 Å². The maximum Gasteiger partial charge on any atom is 0.130 e. The molecule has 0 aromatic heterocycles. The molecule has 0 saturated carbocycles. The van der Waals surface area contributed by atoms with Gasteiger partial charge in [0.25, 0.3) is 0 Å². The lowest BCUT2D eigenvalue weighted by molar-refractivity contribution is 0.535. The third-order valence-corrected chi connectivity index (χ3v) is 3.07. The molecule has 0 unspecified atom stereocenters. The largest absolute Gasteiger partial charge is 0.308 e. The molecule has 18 heavy (non-hydrogen) atoms. The van der Waals surface area contributed by atoms with Gasteiger partial charge in [0, 0.05) is 23.1 Å². The molecule has 0 aliphatic carbocycles. The molecule has 94 valence electrons. The molecule has 0 fully saturated rings. The molecule has 0 bridgehead atoms. The predicted molar refractivity (Wildman–Crippen MR) is 71.0 cm³/mol. The smallest absolute Gasteiger partial charge is 0.130 e. The van der Waals surface area contributed by atoms with E-state index in [0.29, 0.717) is 6.54 Å². The number of halogens is 3. The summed E-state index contributed by atoms with van der Waals surface area (Å²) in [5.74, 6) is -1.03. The van der Waals surface area contributed by atoms with Crippen LogP contribution in [0.15, 0.2) is 46.9 Å². The fraction of sp³-hybridized carbons (Fsp3) is 0.143. The zero-order valence-corrected chi connectivity index (χ0v) is 11.2. The van der Waals surface area contributed by atoms with Gasteiger partial charge in [0.1, 0.15) is 11.6 Å². The highest BCUT2D eigenvalue weighted by Crippen LogP contribution is 2.13. The van der Waals surface area contributed by atoms with Crippen LogP contribution in [0, 0.1) is 11.6 Å². The van der Waals surface area contributed by atoms with E-state index in [-0.39, 0.29) is 12.1 Å². The Labute approximate surface area is 113 Å². The minimum atomic E-state index is -0.517. The van der Waals surface area contributed by atoms with Crippen LogP contribution in [-0.4, -0.2) is 0 Å². The van der Waals surface area contributed by atoms with Crippen LogP contribution in [0.25, 0.3) is 0 Å². The fourth-order valence-corrected chi connectivity index (χ4v) is 2.13. The Balaban J connectivity index is 1.97. The SMILES string of the molecule is Fc1cccc(F)c1CNCc1cccc(Br)c1. The summed E-state index contributed by atoms with van der Waals surface area (Å²) in [6.45, 7) is 0.734. The Hall–Kier alpha value is -1.26. The van der Waals surface area contributed by atoms with Crippen LogP contribution in [-0.2, 0) is 13.1 Å². The monoisotopic (exact) mass is 311 g/mol. The Morgan fingerprint density at radius 3 is 2.28 bits per heavy atom. The summed E-state index contributed by atoms with van der Waals surface area (Å²) in [6, 6.07) is 11.7. The number of rotatable bonds is 4. The van der Waals surface area contributed by atoms with Gasteiger partial charge >= 0.3 is 0 Å². The third kappa shape index (κ3) is 3.37. The molecule has 2 aromatic rings. The van der Waals surface area contributed by atoms with Crippen molar-refractivity contribution in [1.82, 2.24) is 5.32 Å². The summed E-state index contributed by atoms with van der Waals surface area (Å²) in [5, 5.41) is 3.03. The Bertz CT molecular complexity index is 523. The molecule has 0 aliphatic rings. The summed E-state index contributed by atoms with van der Waals surface area (Å²) in [4.78, 5) is 0. The zero-order valence-electron chi connectivity index (χ0n) is 9.59. The van der Waals surface area contributed by atoms with Crippen LogP contribution in [0.3, 0.4) is 0 Å². The van der Waals surface area contributed by atoms with Gasteiger partial charge in [-0.1, -0.05) is 34.1 Å². The van der Waals surface area contributed by atoms with Crippen LogP contribution in [0.5, 0.6) is 0 Å². The van der Waals surface area contributed by atoms with Crippen molar-refractivity contribution in [3.05, 3.63) is 69.7 Å². The molecule has 1 N–H and O–H groups in total. The van der Waals surface area contributed by atoms with Crippen LogP contribution in [0.2, 0.25) is 0 Å². The third-order valence-electron chi connectivity index (χ3n) is 2.58. The normalized spacial score (nSPS) is 10.6. The van der Waals surface area contributed by atoms with Crippen molar-refractivity contribution in [3.8, 4) is 0 Å². The quantitative estimate of drug-likeness (QED) is 0.899. The number of nitrogens with one attached hydrogen (secondary N) is 1. The fourth-order valence-electron chi connectivity index (χ4n) is 1.68. The van der Waals surface area contributed by atoms with E-state index in [1.165, 1.54) is 18.2 Å². The molecular weight excluding hydrogens is 300 g/mol. The van der Waals surface area contributed by atoms with E-state index < -0.39 is 11.6 Å². The molecule has 2 aromatic carbocycles. The van der Waals surface area contributed by atoms with Gasteiger partial charge in [-0.3, -0.25) is 0 Å². The molecule has 1 nitrogen and oxygen atoms in total. The average molecular weight is 312 g/mol. The second kappa shape index (κ2) is 6.07. The topological polar surface area (TPSA) is 12.0 Å². The second-order valence-corrected chi connectivity index (χ2v) is 4.85. The van der Waals surface area contributed by atoms with Crippen molar-refractivity contribution >= 4 is 15.9 Å². The van der Waals surface area contributed by atoms with E-state index in [1.54, 1.807) is 0 Å². The molecule has 0 radical (unpaired) electrons. The van der Waals surface area contributed by atoms with Gasteiger partial charge in [0.15, 0.2) is 0 Å². The van der Waals surface area contributed by atoms with Gasteiger partial charge in [-0.15, -0.1) is 0 Å². The predicted octanol–water partition coefficient (Wildman–Crippen LogP) is 4.02. The van der Waals surface area contributed by atoms with Crippen LogP contribution in [0.1, 0.15) is 11.1 Å².